The number of aryl methyl sites for hydroxylation is 1. The molecule has 0 saturated heterocycles. The van der Waals surface area contributed by atoms with Crippen LogP contribution in [0.15, 0.2) is 48.5 Å². The summed E-state index contributed by atoms with van der Waals surface area (Å²) in [6.07, 6.45) is 0. The molecule has 2 N–H and O–H groups in total. The third-order valence-electron chi connectivity index (χ3n) is 3.80. The van der Waals surface area contributed by atoms with Crippen LogP contribution in [-0.4, -0.2) is 28.4 Å². The molecule has 0 aliphatic rings. The van der Waals surface area contributed by atoms with Crippen molar-refractivity contribution in [2.45, 2.75) is 0 Å². The van der Waals surface area contributed by atoms with E-state index in [1.165, 1.54) is 0 Å². The number of carbonyl (C=O) groups is 2. The van der Waals surface area contributed by atoms with Gasteiger partial charge in [0.05, 0.1) is 11.0 Å². The molecule has 0 spiro atoms. The molecule has 0 bridgehead atoms. The number of aromatic nitrogens is 2. The highest BCUT2D eigenvalue weighted by Crippen LogP contribution is 2.23. The first-order valence-electron chi connectivity index (χ1n) is 7.08. The quantitative estimate of drug-likeness (QED) is 0.803. The molecule has 1 aromatic heterocycles. The van der Waals surface area contributed by atoms with Crippen molar-refractivity contribution in [3.05, 3.63) is 59.9 Å². The zero-order valence-electron chi connectivity index (χ0n) is 12.9. The number of amides is 2. The van der Waals surface area contributed by atoms with E-state index < -0.39 is 5.91 Å². The number of nitrogens with zero attached hydrogens (tertiary/aromatic N) is 3. The van der Waals surface area contributed by atoms with E-state index in [0.717, 1.165) is 5.52 Å². The van der Waals surface area contributed by atoms with E-state index in [4.69, 9.17) is 5.73 Å². The fraction of sp³-hybridized carbons (Fsp3) is 0.118. The van der Waals surface area contributed by atoms with Crippen molar-refractivity contribution in [1.29, 1.82) is 0 Å². The first kappa shape index (κ1) is 14.8. The molecule has 2 amide bonds. The van der Waals surface area contributed by atoms with E-state index >= 15 is 0 Å². The number of primary amides is 1. The van der Waals surface area contributed by atoms with E-state index in [1.807, 2.05) is 30.3 Å². The minimum atomic E-state index is -0.584. The highest BCUT2D eigenvalue weighted by Gasteiger charge is 2.16. The summed E-state index contributed by atoms with van der Waals surface area (Å²) >= 11 is 0. The number of fused-ring (bicyclic) bond motifs is 1. The Morgan fingerprint density at radius 1 is 1.13 bits per heavy atom. The Labute approximate surface area is 133 Å². The molecule has 23 heavy (non-hydrogen) atoms. The largest absolute Gasteiger partial charge is 0.363 e. The summed E-state index contributed by atoms with van der Waals surface area (Å²) in [5.74, 6) is -0.510. The normalized spacial score (nSPS) is 10.7. The maximum atomic E-state index is 12.5. The first-order valence-corrected chi connectivity index (χ1v) is 7.08. The lowest BCUT2D eigenvalue weighted by atomic mass is 10.2. The lowest BCUT2D eigenvalue weighted by molar-refractivity contribution is 0.0982. The van der Waals surface area contributed by atoms with Crippen LogP contribution in [0, 0.1) is 0 Å². The van der Waals surface area contributed by atoms with Gasteiger partial charge in [0.2, 0.25) is 0 Å². The lowest BCUT2D eigenvalue weighted by Gasteiger charge is -2.17. The van der Waals surface area contributed by atoms with E-state index in [-0.39, 0.29) is 11.7 Å². The van der Waals surface area contributed by atoms with Crippen LogP contribution >= 0.6 is 0 Å². The molecule has 116 valence electrons. The summed E-state index contributed by atoms with van der Waals surface area (Å²) in [7, 11) is 3.43. The van der Waals surface area contributed by atoms with Crippen LogP contribution in [0.1, 0.15) is 21.0 Å². The average molecular weight is 308 g/mol. The number of benzene rings is 2. The summed E-state index contributed by atoms with van der Waals surface area (Å²) in [6, 6.07) is 14.4. The maximum Gasteiger partial charge on any atom is 0.284 e. The zero-order valence-corrected chi connectivity index (χ0v) is 12.9. The molecular formula is C17H16N4O2. The zero-order chi connectivity index (χ0) is 16.6. The molecule has 3 rings (SSSR count). The maximum absolute atomic E-state index is 12.5. The van der Waals surface area contributed by atoms with Crippen LogP contribution in [-0.2, 0) is 7.05 Å². The Morgan fingerprint density at radius 2 is 1.83 bits per heavy atom. The number of rotatable bonds is 3. The molecule has 6 heteroatoms. The van der Waals surface area contributed by atoms with Crippen LogP contribution in [0.5, 0.6) is 0 Å². The first-order chi connectivity index (χ1) is 11.0. The van der Waals surface area contributed by atoms with E-state index in [2.05, 4.69) is 4.98 Å². The number of carbonyl (C=O) groups excluding carboxylic acids is 2. The molecule has 3 aromatic rings. The van der Waals surface area contributed by atoms with Crippen molar-refractivity contribution in [3.63, 3.8) is 0 Å². The summed E-state index contributed by atoms with van der Waals surface area (Å²) in [5.41, 5.74) is 8.01. The van der Waals surface area contributed by atoms with Crippen LogP contribution in [0.2, 0.25) is 0 Å². The number of hydrogen-bond donors (Lipinski definition) is 1. The van der Waals surface area contributed by atoms with Gasteiger partial charge in [-0.25, -0.2) is 4.98 Å². The van der Waals surface area contributed by atoms with Gasteiger partial charge in [-0.1, -0.05) is 18.2 Å². The van der Waals surface area contributed by atoms with Crippen molar-refractivity contribution >= 4 is 28.5 Å². The number of anilines is 1. The predicted molar refractivity (Wildman–Crippen MR) is 88.4 cm³/mol. The Morgan fingerprint density at radius 3 is 2.48 bits per heavy atom. The van der Waals surface area contributed by atoms with Crippen LogP contribution in [0.4, 0.5) is 5.69 Å². The summed E-state index contributed by atoms with van der Waals surface area (Å²) < 4.78 is 1.64. The molecule has 0 aliphatic heterocycles. The highest BCUT2D eigenvalue weighted by atomic mass is 16.2. The van der Waals surface area contributed by atoms with Crippen molar-refractivity contribution < 1.29 is 9.59 Å². The van der Waals surface area contributed by atoms with Gasteiger partial charge < -0.3 is 15.2 Å². The Bertz CT molecular complexity index is 900. The molecule has 0 saturated carbocycles. The predicted octanol–water partition coefficient (Wildman–Crippen LogP) is 1.95. The van der Waals surface area contributed by atoms with Crippen molar-refractivity contribution in [2.75, 3.05) is 11.9 Å². The van der Waals surface area contributed by atoms with Crippen molar-refractivity contribution in [1.82, 2.24) is 9.55 Å². The SMILES string of the molecule is CN(C(=O)c1ccccc1)c1ccc2c(c1)nc(C(N)=O)n2C. The monoisotopic (exact) mass is 308 g/mol. The van der Waals surface area contributed by atoms with Crippen LogP contribution in [0.3, 0.4) is 0 Å². The molecule has 1 heterocycles. The molecule has 0 aliphatic carbocycles. The third-order valence-corrected chi connectivity index (χ3v) is 3.80. The molecule has 0 radical (unpaired) electrons. The van der Waals surface area contributed by atoms with Gasteiger partial charge in [0.1, 0.15) is 0 Å². The molecular weight excluding hydrogens is 292 g/mol. The van der Waals surface area contributed by atoms with Crippen LogP contribution in [0.25, 0.3) is 11.0 Å². The van der Waals surface area contributed by atoms with E-state index in [1.54, 1.807) is 41.8 Å². The molecule has 2 aromatic carbocycles. The van der Waals surface area contributed by atoms with Crippen molar-refractivity contribution in [3.8, 4) is 0 Å². The summed E-state index contributed by atoms with van der Waals surface area (Å²) in [4.78, 5) is 29.7. The minimum absolute atomic E-state index is 0.115. The second kappa shape index (κ2) is 5.57. The second-order valence-corrected chi connectivity index (χ2v) is 5.26. The fourth-order valence-corrected chi connectivity index (χ4v) is 2.51. The Kier molecular flexibility index (Phi) is 3.57. The highest BCUT2D eigenvalue weighted by molar-refractivity contribution is 6.06. The second-order valence-electron chi connectivity index (χ2n) is 5.26. The van der Waals surface area contributed by atoms with E-state index in [9.17, 15) is 9.59 Å². The minimum Gasteiger partial charge on any atom is -0.363 e. The van der Waals surface area contributed by atoms with Gasteiger partial charge in [-0.15, -0.1) is 0 Å². The van der Waals surface area contributed by atoms with Crippen molar-refractivity contribution in [2.24, 2.45) is 12.8 Å². The average Bonchev–Trinajstić information content (AvgIpc) is 2.91. The van der Waals surface area contributed by atoms with Crippen LogP contribution < -0.4 is 10.6 Å². The Hall–Kier alpha value is -3.15. The van der Waals surface area contributed by atoms with Gasteiger partial charge in [0.25, 0.3) is 11.8 Å². The number of imidazole rings is 1. The van der Waals surface area contributed by atoms with Gasteiger partial charge >= 0.3 is 0 Å². The van der Waals surface area contributed by atoms with Gasteiger partial charge in [-0.3, -0.25) is 9.59 Å². The topological polar surface area (TPSA) is 81.2 Å². The van der Waals surface area contributed by atoms with Gasteiger partial charge in [-0.2, -0.15) is 0 Å². The Balaban J connectivity index is 2.00. The molecule has 6 nitrogen and oxygen atoms in total. The summed E-state index contributed by atoms with van der Waals surface area (Å²) in [6.45, 7) is 0. The van der Waals surface area contributed by atoms with Gasteiger partial charge in [0, 0.05) is 25.3 Å². The number of hydrogen-bond acceptors (Lipinski definition) is 3. The summed E-state index contributed by atoms with van der Waals surface area (Å²) in [5, 5.41) is 0. The van der Waals surface area contributed by atoms with Gasteiger partial charge in [-0.05, 0) is 30.3 Å². The molecule has 0 atom stereocenters. The van der Waals surface area contributed by atoms with E-state index in [0.29, 0.717) is 16.8 Å². The smallest absolute Gasteiger partial charge is 0.284 e. The standard InChI is InChI=1S/C17H16N4O2/c1-20(17(23)11-6-4-3-5-7-11)12-8-9-14-13(10-12)19-16(15(18)22)21(14)2/h3-10H,1-2H3,(H2,18,22). The fourth-order valence-electron chi connectivity index (χ4n) is 2.51. The molecule has 0 fully saturated rings. The third kappa shape index (κ3) is 2.55. The number of nitrogens with two attached hydrogens (primary N) is 1. The molecule has 0 unspecified atom stereocenters. The van der Waals surface area contributed by atoms with Gasteiger partial charge in [0.15, 0.2) is 5.82 Å². The lowest BCUT2D eigenvalue weighted by Crippen LogP contribution is -2.26.